The maximum absolute atomic E-state index is 12.7. The quantitative estimate of drug-likeness (QED) is 0.892. The van der Waals surface area contributed by atoms with Crippen molar-refractivity contribution in [3.8, 4) is 0 Å². The smallest absolute Gasteiger partial charge is 0.227 e. The lowest BCUT2D eigenvalue weighted by molar-refractivity contribution is -0.138. The van der Waals surface area contributed by atoms with E-state index in [1.807, 2.05) is 43.0 Å². The Morgan fingerprint density at radius 3 is 2.19 bits per heavy atom. The average molecular weight is 331 g/mol. The van der Waals surface area contributed by atoms with Gasteiger partial charge in [-0.25, -0.2) is 0 Å². The molecule has 21 heavy (non-hydrogen) atoms. The number of hydrogen-bond acceptors (Lipinski definition) is 2. The van der Waals surface area contributed by atoms with Crippen LogP contribution in [-0.2, 0) is 4.79 Å². The Morgan fingerprint density at radius 2 is 1.76 bits per heavy atom. The van der Waals surface area contributed by atoms with Gasteiger partial charge in [0.05, 0.1) is 12.0 Å². The van der Waals surface area contributed by atoms with E-state index in [1.54, 1.807) is 0 Å². The Kier molecular flexibility index (Phi) is 6.51. The lowest BCUT2D eigenvalue weighted by atomic mass is 9.99. The molecule has 0 saturated heterocycles. The standard InChI is InChI=1S/C16H23ClN2O.ClH/c1-10(11(2)18)16(20)19(15-8-9-15)12(3)13-4-6-14(17)7-5-13;/h4-7,10-12,15H,8-9,18H2,1-3H3;1H. The van der Waals surface area contributed by atoms with Crippen molar-refractivity contribution in [3.05, 3.63) is 34.9 Å². The number of hydrogen-bond donors (Lipinski definition) is 1. The van der Waals surface area contributed by atoms with Crippen molar-refractivity contribution in [1.82, 2.24) is 4.90 Å². The van der Waals surface area contributed by atoms with Gasteiger partial charge in [-0.05, 0) is 44.4 Å². The van der Waals surface area contributed by atoms with Crippen molar-refractivity contribution in [2.45, 2.75) is 51.7 Å². The van der Waals surface area contributed by atoms with Crippen LogP contribution >= 0.6 is 24.0 Å². The summed E-state index contributed by atoms with van der Waals surface area (Å²) in [5.74, 6) is 0.00954. The van der Waals surface area contributed by atoms with E-state index in [1.165, 1.54) is 0 Å². The molecule has 3 unspecified atom stereocenters. The third-order valence-electron chi connectivity index (χ3n) is 4.14. The van der Waals surface area contributed by atoms with E-state index in [0.29, 0.717) is 11.1 Å². The van der Waals surface area contributed by atoms with Crippen molar-refractivity contribution >= 4 is 29.9 Å². The largest absolute Gasteiger partial charge is 0.333 e. The van der Waals surface area contributed by atoms with E-state index in [9.17, 15) is 4.79 Å². The Balaban J connectivity index is 0.00000220. The summed E-state index contributed by atoms with van der Waals surface area (Å²) in [5.41, 5.74) is 7.01. The monoisotopic (exact) mass is 330 g/mol. The second kappa shape index (κ2) is 7.48. The van der Waals surface area contributed by atoms with Gasteiger partial charge in [-0.3, -0.25) is 4.79 Å². The van der Waals surface area contributed by atoms with Crippen LogP contribution in [0.5, 0.6) is 0 Å². The zero-order valence-corrected chi connectivity index (χ0v) is 14.3. The van der Waals surface area contributed by atoms with Crippen LogP contribution in [0.2, 0.25) is 5.02 Å². The Labute approximate surface area is 138 Å². The van der Waals surface area contributed by atoms with Crippen LogP contribution in [0.4, 0.5) is 0 Å². The van der Waals surface area contributed by atoms with E-state index in [2.05, 4.69) is 6.92 Å². The van der Waals surface area contributed by atoms with Gasteiger partial charge in [0, 0.05) is 17.1 Å². The normalized spacial score (nSPS) is 18.3. The summed E-state index contributed by atoms with van der Waals surface area (Å²) >= 11 is 5.93. The molecule has 0 aromatic heterocycles. The average Bonchev–Trinajstić information content (AvgIpc) is 3.23. The predicted octanol–water partition coefficient (Wildman–Crippen LogP) is 3.80. The maximum atomic E-state index is 12.7. The molecule has 1 aliphatic carbocycles. The molecule has 0 heterocycles. The number of carbonyl (C=O) groups is 1. The van der Waals surface area contributed by atoms with Crippen LogP contribution in [0.15, 0.2) is 24.3 Å². The number of carbonyl (C=O) groups excluding carboxylic acids is 1. The second-order valence-corrected chi connectivity index (χ2v) is 6.29. The Hall–Kier alpha value is -0.770. The summed E-state index contributed by atoms with van der Waals surface area (Å²) in [6, 6.07) is 8.04. The van der Waals surface area contributed by atoms with Gasteiger partial charge >= 0.3 is 0 Å². The summed E-state index contributed by atoms with van der Waals surface area (Å²) in [5, 5.41) is 0.717. The molecule has 1 saturated carbocycles. The van der Waals surface area contributed by atoms with Crippen molar-refractivity contribution in [2.24, 2.45) is 11.7 Å². The molecule has 1 aromatic rings. The van der Waals surface area contributed by atoms with Crippen LogP contribution < -0.4 is 5.73 Å². The lowest BCUT2D eigenvalue weighted by Crippen LogP contribution is -2.44. The van der Waals surface area contributed by atoms with E-state index in [0.717, 1.165) is 18.4 Å². The first-order valence-corrected chi connectivity index (χ1v) is 7.63. The highest BCUT2D eigenvalue weighted by atomic mass is 35.5. The van der Waals surface area contributed by atoms with Crippen LogP contribution in [0.3, 0.4) is 0 Å². The van der Waals surface area contributed by atoms with Gasteiger partial charge < -0.3 is 10.6 Å². The van der Waals surface area contributed by atoms with Crippen LogP contribution in [-0.4, -0.2) is 22.9 Å². The molecular formula is C16H24Cl2N2O. The van der Waals surface area contributed by atoms with Crippen molar-refractivity contribution in [3.63, 3.8) is 0 Å². The fourth-order valence-corrected chi connectivity index (χ4v) is 2.53. The Morgan fingerprint density at radius 1 is 1.24 bits per heavy atom. The van der Waals surface area contributed by atoms with E-state index >= 15 is 0 Å². The molecule has 0 bridgehead atoms. The molecule has 1 aliphatic rings. The van der Waals surface area contributed by atoms with E-state index in [-0.39, 0.29) is 36.3 Å². The van der Waals surface area contributed by atoms with Gasteiger partial charge in [0.2, 0.25) is 5.91 Å². The summed E-state index contributed by atoms with van der Waals surface area (Å²) in [4.78, 5) is 14.7. The molecule has 0 aliphatic heterocycles. The van der Waals surface area contributed by atoms with E-state index < -0.39 is 0 Å². The number of amides is 1. The van der Waals surface area contributed by atoms with Gasteiger partial charge in [-0.2, -0.15) is 0 Å². The third kappa shape index (κ3) is 4.35. The highest BCUT2D eigenvalue weighted by Gasteiger charge is 2.38. The van der Waals surface area contributed by atoms with Crippen molar-refractivity contribution in [2.75, 3.05) is 0 Å². The van der Waals surface area contributed by atoms with Crippen molar-refractivity contribution in [1.29, 1.82) is 0 Å². The topological polar surface area (TPSA) is 46.3 Å². The second-order valence-electron chi connectivity index (χ2n) is 5.85. The first-order valence-electron chi connectivity index (χ1n) is 7.25. The molecule has 2 N–H and O–H groups in total. The zero-order valence-electron chi connectivity index (χ0n) is 12.8. The minimum atomic E-state index is -0.148. The van der Waals surface area contributed by atoms with Crippen LogP contribution in [0, 0.1) is 5.92 Å². The predicted molar refractivity (Wildman–Crippen MR) is 89.8 cm³/mol. The van der Waals surface area contributed by atoms with Gasteiger partial charge in [0.25, 0.3) is 0 Å². The number of rotatable bonds is 5. The molecule has 1 fully saturated rings. The van der Waals surface area contributed by atoms with Crippen molar-refractivity contribution < 1.29 is 4.79 Å². The molecule has 5 heteroatoms. The summed E-state index contributed by atoms with van der Waals surface area (Å²) in [6.45, 7) is 5.88. The van der Waals surface area contributed by atoms with Gasteiger partial charge in [-0.15, -0.1) is 12.4 Å². The highest BCUT2D eigenvalue weighted by molar-refractivity contribution is 6.30. The van der Waals surface area contributed by atoms with Gasteiger partial charge in [0.1, 0.15) is 0 Å². The Bertz CT molecular complexity index is 472. The minimum Gasteiger partial charge on any atom is -0.333 e. The number of nitrogens with zero attached hydrogens (tertiary/aromatic N) is 1. The molecule has 1 aromatic carbocycles. The maximum Gasteiger partial charge on any atom is 0.227 e. The summed E-state index contributed by atoms with van der Waals surface area (Å²) in [7, 11) is 0. The minimum absolute atomic E-state index is 0. The molecular weight excluding hydrogens is 307 g/mol. The highest BCUT2D eigenvalue weighted by Crippen LogP contribution is 2.36. The molecule has 2 rings (SSSR count). The number of benzene rings is 1. The molecule has 3 atom stereocenters. The molecule has 0 spiro atoms. The van der Waals surface area contributed by atoms with Crippen LogP contribution in [0.25, 0.3) is 0 Å². The first kappa shape index (κ1) is 18.3. The third-order valence-corrected chi connectivity index (χ3v) is 4.39. The van der Waals surface area contributed by atoms with Gasteiger partial charge in [-0.1, -0.05) is 30.7 Å². The molecule has 1 amide bonds. The SMILES string of the molecule is CC(N)C(C)C(=O)N(C1CC1)C(C)c1ccc(Cl)cc1.Cl. The van der Waals surface area contributed by atoms with E-state index in [4.69, 9.17) is 17.3 Å². The van der Waals surface area contributed by atoms with Gasteiger partial charge in [0.15, 0.2) is 0 Å². The summed E-state index contributed by atoms with van der Waals surface area (Å²) in [6.07, 6.45) is 2.19. The fourth-order valence-electron chi connectivity index (χ4n) is 2.40. The number of halogens is 2. The molecule has 3 nitrogen and oxygen atoms in total. The van der Waals surface area contributed by atoms with Crippen LogP contribution in [0.1, 0.15) is 45.2 Å². The molecule has 0 radical (unpaired) electrons. The number of nitrogens with two attached hydrogens (primary N) is 1. The summed E-state index contributed by atoms with van der Waals surface area (Å²) < 4.78 is 0. The fraction of sp³-hybridized carbons (Fsp3) is 0.562. The zero-order chi connectivity index (χ0) is 14.9. The molecule has 118 valence electrons. The lowest BCUT2D eigenvalue weighted by Gasteiger charge is -2.33. The first-order chi connectivity index (χ1) is 9.41.